The number of hydrogen-bond acceptors (Lipinski definition) is 8. The Bertz CT molecular complexity index is 1510. The number of hydrogen-bond donors (Lipinski definition) is 3. The van der Waals surface area contributed by atoms with Crippen LogP contribution in [0.4, 0.5) is 4.79 Å². The van der Waals surface area contributed by atoms with Crippen LogP contribution in [0.15, 0.2) is 60.7 Å². The smallest absolute Gasteiger partial charge is 0.408 e. The predicted molar refractivity (Wildman–Crippen MR) is 173 cm³/mol. The highest BCUT2D eigenvalue weighted by Crippen LogP contribution is 2.36. The van der Waals surface area contributed by atoms with E-state index in [9.17, 15) is 19.5 Å². The molecule has 0 saturated heterocycles. The van der Waals surface area contributed by atoms with Crippen LogP contribution in [-0.2, 0) is 14.3 Å². The van der Waals surface area contributed by atoms with Crippen LogP contribution in [0.5, 0.6) is 17.4 Å². The van der Waals surface area contributed by atoms with E-state index in [1.807, 2.05) is 62.4 Å². The van der Waals surface area contributed by atoms with Crippen LogP contribution >= 0.6 is 0 Å². The van der Waals surface area contributed by atoms with E-state index < -0.39 is 36.0 Å². The van der Waals surface area contributed by atoms with Gasteiger partial charge in [-0.1, -0.05) is 50.2 Å². The second kappa shape index (κ2) is 15.0. The first-order valence-corrected chi connectivity index (χ1v) is 15.4. The first kappa shape index (κ1) is 34.1. The van der Waals surface area contributed by atoms with Crippen LogP contribution < -0.4 is 24.8 Å². The van der Waals surface area contributed by atoms with E-state index in [1.54, 1.807) is 20.8 Å². The van der Waals surface area contributed by atoms with Crippen LogP contribution in [0.2, 0.25) is 0 Å². The minimum absolute atomic E-state index is 0.245. The number of rotatable bonds is 14. The van der Waals surface area contributed by atoms with Crippen molar-refractivity contribution in [3.05, 3.63) is 60.7 Å². The molecule has 0 radical (unpaired) electrons. The molecule has 11 nitrogen and oxygen atoms in total. The van der Waals surface area contributed by atoms with Gasteiger partial charge in [-0.15, -0.1) is 0 Å². The molecule has 246 valence electrons. The largest absolute Gasteiger partial charge is 0.481 e. The van der Waals surface area contributed by atoms with E-state index in [0.29, 0.717) is 19.0 Å². The number of ether oxygens (including phenoxy) is 4. The number of carbonyl (C=O) groups excluding carboxylic acids is 2. The molecule has 46 heavy (non-hydrogen) atoms. The van der Waals surface area contributed by atoms with E-state index in [0.717, 1.165) is 53.1 Å². The summed E-state index contributed by atoms with van der Waals surface area (Å²) >= 11 is 0. The molecule has 2 amide bonds. The highest BCUT2D eigenvalue weighted by molar-refractivity contribution is 5.89. The molecule has 1 aliphatic rings. The van der Waals surface area contributed by atoms with Crippen LogP contribution in [-0.4, -0.2) is 59.6 Å². The molecule has 1 aromatic heterocycles. The Morgan fingerprint density at radius 1 is 0.913 bits per heavy atom. The van der Waals surface area contributed by atoms with Gasteiger partial charge in [0.25, 0.3) is 0 Å². The van der Waals surface area contributed by atoms with Crippen molar-refractivity contribution in [2.45, 2.75) is 71.9 Å². The number of benzene rings is 2. The van der Waals surface area contributed by atoms with E-state index in [4.69, 9.17) is 18.9 Å². The minimum atomic E-state index is -1.24. The normalized spacial score (nSPS) is 13.1. The minimum Gasteiger partial charge on any atom is -0.481 e. The Balaban J connectivity index is 1.21. The zero-order valence-corrected chi connectivity index (χ0v) is 27.1. The molecule has 2 aromatic carbocycles. The average Bonchev–Trinajstić information content (AvgIpc) is 3.47. The number of aliphatic carboxylic acids is 1. The van der Waals surface area contributed by atoms with Gasteiger partial charge in [0.1, 0.15) is 11.6 Å². The quantitative estimate of drug-likeness (QED) is 0.177. The number of nitrogens with one attached hydrogen (secondary N) is 2. The number of alkyl carbamates (subject to hydrolysis) is 1. The summed E-state index contributed by atoms with van der Waals surface area (Å²) in [5, 5.41) is 14.4. The van der Waals surface area contributed by atoms with Crippen molar-refractivity contribution >= 4 is 18.0 Å². The van der Waals surface area contributed by atoms with Gasteiger partial charge in [0.05, 0.1) is 18.7 Å². The Kier molecular flexibility index (Phi) is 11.1. The van der Waals surface area contributed by atoms with E-state index in [1.165, 1.54) is 0 Å². The molecule has 2 heterocycles. The van der Waals surface area contributed by atoms with Crippen molar-refractivity contribution in [2.75, 3.05) is 19.9 Å². The lowest BCUT2D eigenvalue weighted by atomic mass is 9.87. The topological polar surface area (TPSA) is 145 Å². The second-order valence-electron chi connectivity index (χ2n) is 13.0. The van der Waals surface area contributed by atoms with Crippen molar-refractivity contribution < 1.29 is 38.4 Å². The standard InChI is InChI=1S/C35H43N3O8/c1-34(2,3)46-33(42)38-27(20-31(39)40)32(41)36-21-35(4,5)17-6-7-18-43-30-10-8-9-26(37-30)24-13-11-23(12-14-24)25-15-16-28-29(19-25)45-22-44-28/h8-16,19,27H,6-7,17-18,20-22H2,1-5H3,(H,36,41)(H,38,42)(H,39,40). The molecule has 0 bridgehead atoms. The maximum Gasteiger partial charge on any atom is 0.408 e. The zero-order valence-electron chi connectivity index (χ0n) is 27.1. The fourth-order valence-electron chi connectivity index (χ4n) is 4.82. The molecule has 0 saturated carbocycles. The van der Waals surface area contributed by atoms with Crippen molar-refractivity contribution in [2.24, 2.45) is 5.41 Å². The van der Waals surface area contributed by atoms with Crippen molar-refractivity contribution in [3.63, 3.8) is 0 Å². The molecule has 0 fully saturated rings. The Morgan fingerprint density at radius 3 is 2.33 bits per heavy atom. The summed E-state index contributed by atoms with van der Waals surface area (Å²) in [4.78, 5) is 40.8. The summed E-state index contributed by atoms with van der Waals surface area (Å²) in [6, 6.07) is 18.5. The highest BCUT2D eigenvalue weighted by atomic mass is 16.7. The first-order valence-electron chi connectivity index (χ1n) is 15.4. The van der Waals surface area contributed by atoms with Gasteiger partial charge in [-0.05, 0) is 74.8 Å². The van der Waals surface area contributed by atoms with Gasteiger partial charge >= 0.3 is 12.1 Å². The second-order valence-corrected chi connectivity index (χ2v) is 13.0. The monoisotopic (exact) mass is 633 g/mol. The molecule has 1 atom stereocenters. The lowest BCUT2D eigenvalue weighted by Crippen LogP contribution is -2.50. The fraction of sp³-hybridized carbons (Fsp3) is 0.429. The summed E-state index contributed by atoms with van der Waals surface area (Å²) < 4.78 is 22.0. The summed E-state index contributed by atoms with van der Waals surface area (Å²) in [7, 11) is 0. The van der Waals surface area contributed by atoms with Gasteiger partial charge in [0.15, 0.2) is 11.5 Å². The lowest BCUT2D eigenvalue weighted by molar-refractivity contribution is -0.139. The van der Waals surface area contributed by atoms with Crippen molar-refractivity contribution in [3.8, 4) is 39.8 Å². The first-order chi connectivity index (χ1) is 21.8. The van der Waals surface area contributed by atoms with Crippen LogP contribution in [0.1, 0.15) is 60.3 Å². The van der Waals surface area contributed by atoms with Gasteiger partial charge in [-0.3, -0.25) is 9.59 Å². The summed E-state index contributed by atoms with van der Waals surface area (Å²) in [5.74, 6) is 0.280. The number of pyridine rings is 1. The third-order valence-electron chi connectivity index (χ3n) is 7.24. The number of unbranched alkanes of at least 4 members (excludes halogenated alkanes) is 1. The maximum atomic E-state index is 12.7. The maximum absolute atomic E-state index is 12.7. The zero-order chi connectivity index (χ0) is 33.3. The van der Waals surface area contributed by atoms with Crippen molar-refractivity contribution in [1.82, 2.24) is 15.6 Å². The Labute approximate surface area is 269 Å². The van der Waals surface area contributed by atoms with Gasteiger partial charge in [-0.2, -0.15) is 0 Å². The Morgan fingerprint density at radius 2 is 1.61 bits per heavy atom. The van der Waals surface area contributed by atoms with Crippen molar-refractivity contribution in [1.29, 1.82) is 0 Å². The molecule has 3 N–H and O–H groups in total. The molecule has 0 aliphatic carbocycles. The molecule has 1 aliphatic heterocycles. The summed E-state index contributed by atoms with van der Waals surface area (Å²) in [5.41, 5.74) is 2.86. The number of carboxylic acids is 1. The molecule has 1 unspecified atom stereocenters. The van der Waals surface area contributed by atoms with E-state index >= 15 is 0 Å². The third-order valence-corrected chi connectivity index (χ3v) is 7.24. The number of amides is 2. The molecule has 3 aromatic rings. The van der Waals surface area contributed by atoms with E-state index in [-0.39, 0.29) is 12.2 Å². The number of carbonyl (C=O) groups is 3. The molecular weight excluding hydrogens is 590 g/mol. The molecule has 11 heteroatoms. The lowest BCUT2D eigenvalue weighted by Gasteiger charge is -2.27. The van der Waals surface area contributed by atoms with Crippen LogP contribution in [0.3, 0.4) is 0 Å². The van der Waals surface area contributed by atoms with Gasteiger partial charge < -0.3 is 34.7 Å². The number of carboxylic acid groups (broad SMARTS) is 1. The predicted octanol–water partition coefficient (Wildman–Crippen LogP) is 6.20. The summed E-state index contributed by atoms with van der Waals surface area (Å²) in [6.45, 7) is 10.1. The number of aromatic nitrogens is 1. The average molecular weight is 634 g/mol. The fourth-order valence-corrected chi connectivity index (χ4v) is 4.82. The molecule has 4 rings (SSSR count). The highest BCUT2D eigenvalue weighted by Gasteiger charge is 2.28. The van der Waals surface area contributed by atoms with Gasteiger partial charge in [0, 0.05) is 18.2 Å². The summed E-state index contributed by atoms with van der Waals surface area (Å²) in [6.07, 6.45) is 1.03. The number of fused-ring (bicyclic) bond motifs is 1. The third kappa shape index (κ3) is 10.4. The molecular formula is C35H43N3O8. The van der Waals surface area contributed by atoms with Crippen LogP contribution in [0, 0.1) is 5.41 Å². The van der Waals surface area contributed by atoms with Crippen LogP contribution in [0.25, 0.3) is 22.4 Å². The molecule has 0 spiro atoms. The van der Waals surface area contributed by atoms with Gasteiger partial charge in [-0.25, -0.2) is 9.78 Å². The van der Waals surface area contributed by atoms with E-state index in [2.05, 4.69) is 27.8 Å². The number of nitrogens with zero attached hydrogens (tertiary/aromatic N) is 1. The Hall–Kier alpha value is -4.80. The van der Waals surface area contributed by atoms with Gasteiger partial charge in [0.2, 0.25) is 18.6 Å². The SMILES string of the molecule is CC(C)(CCCCOc1cccc(-c2ccc(-c3ccc4c(c3)OCO4)cc2)n1)CNC(=O)C(CC(=O)O)NC(=O)OC(C)(C)C.